The number of piperidine rings is 1. The van der Waals surface area contributed by atoms with Crippen molar-refractivity contribution in [3.8, 4) is 0 Å². The number of halogens is 1. The molecule has 1 fully saturated rings. The van der Waals surface area contributed by atoms with Crippen LogP contribution >= 0.6 is 11.6 Å². The van der Waals surface area contributed by atoms with Crippen molar-refractivity contribution in [1.29, 1.82) is 0 Å². The molecule has 2 amide bonds. The van der Waals surface area contributed by atoms with E-state index in [1.165, 1.54) is 10.7 Å². The number of nitrogens with zero attached hydrogens (tertiary/aromatic N) is 6. The summed E-state index contributed by atoms with van der Waals surface area (Å²) >= 11 is 5.78. The molecule has 4 heterocycles. The Morgan fingerprint density at radius 1 is 1.21 bits per heavy atom. The number of hydrogen-bond donors (Lipinski definition) is 1. The van der Waals surface area contributed by atoms with E-state index >= 15 is 0 Å². The van der Waals surface area contributed by atoms with Gasteiger partial charge >= 0.3 is 0 Å². The number of fused-ring (bicyclic) bond motifs is 1. The van der Waals surface area contributed by atoms with E-state index in [1.54, 1.807) is 35.5 Å². The van der Waals surface area contributed by atoms with Crippen molar-refractivity contribution in [2.45, 2.75) is 12.8 Å². The number of amides is 2. The summed E-state index contributed by atoms with van der Waals surface area (Å²) in [5, 5.41) is 7.57. The van der Waals surface area contributed by atoms with E-state index in [-0.39, 0.29) is 17.6 Å². The van der Waals surface area contributed by atoms with Crippen molar-refractivity contribution < 1.29 is 9.59 Å². The van der Waals surface area contributed by atoms with Gasteiger partial charge in [-0.15, -0.1) is 5.10 Å². The van der Waals surface area contributed by atoms with Gasteiger partial charge in [-0.05, 0) is 37.0 Å². The molecule has 0 unspecified atom stereocenters. The SMILES string of the molecule is O=C(NCC1CCN(C(=O)c2nc3ncccn3n2)CC1)c1ccc(Cl)cn1. The number of aromatic nitrogens is 5. The number of pyridine rings is 1. The summed E-state index contributed by atoms with van der Waals surface area (Å²) in [5.74, 6) is 0.435. The molecule has 0 spiro atoms. The molecular formula is C18H18ClN7O2. The molecule has 4 rings (SSSR count). The highest BCUT2D eigenvalue weighted by Crippen LogP contribution is 2.18. The van der Waals surface area contributed by atoms with Crippen LogP contribution in [0.15, 0.2) is 36.8 Å². The maximum atomic E-state index is 12.6. The zero-order chi connectivity index (χ0) is 19.5. The van der Waals surface area contributed by atoms with Gasteiger partial charge in [0.25, 0.3) is 17.6 Å². The molecule has 1 saturated heterocycles. The number of hydrogen-bond acceptors (Lipinski definition) is 6. The van der Waals surface area contributed by atoms with E-state index in [9.17, 15) is 9.59 Å². The van der Waals surface area contributed by atoms with Crippen LogP contribution in [0.25, 0.3) is 5.78 Å². The molecule has 0 atom stereocenters. The van der Waals surface area contributed by atoms with Crippen LogP contribution in [-0.2, 0) is 0 Å². The molecule has 1 N–H and O–H groups in total. The van der Waals surface area contributed by atoms with Gasteiger partial charge in [-0.2, -0.15) is 4.98 Å². The first-order valence-electron chi connectivity index (χ1n) is 8.96. The molecule has 0 aromatic carbocycles. The molecule has 28 heavy (non-hydrogen) atoms. The van der Waals surface area contributed by atoms with Gasteiger partial charge in [0.2, 0.25) is 5.82 Å². The summed E-state index contributed by atoms with van der Waals surface area (Å²) < 4.78 is 1.49. The fourth-order valence-electron chi connectivity index (χ4n) is 3.14. The Bertz CT molecular complexity index is 964. The quantitative estimate of drug-likeness (QED) is 0.711. The average Bonchev–Trinajstić information content (AvgIpc) is 3.16. The molecule has 0 aliphatic carbocycles. The van der Waals surface area contributed by atoms with Crippen molar-refractivity contribution in [2.75, 3.05) is 19.6 Å². The highest BCUT2D eigenvalue weighted by Gasteiger charge is 2.26. The molecule has 0 bridgehead atoms. The van der Waals surface area contributed by atoms with Gasteiger partial charge in [-0.3, -0.25) is 9.59 Å². The fourth-order valence-corrected chi connectivity index (χ4v) is 3.25. The number of nitrogens with one attached hydrogen (secondary N) is 1. The molecule has 1 aliphatic rings. The second kappa shape index (κ2) is 7.89. The van der Waals surface area contributed by atoms with Gasteiger partial charge in [0.1, 0.15) is 5.69 Å². The zero-order valence-electron chi connectivity index (χ0n) is 15.0. The van der Waals surface area contributed by atoms with Crippen LogP contribution < -0.4 is 5.32 Å². The molecule has 10 heteroatoms. The second-order valence-corrected chi connectivity index (χ2v) is 7.04. The lowest BCUT2D eigenvalue weighted by atomic mass is 9.96. The van der Waals surface area contributed by atoms with Crippen molar-refractivity contribution in [3.05, 3.63) is 53.3 Å². The minimum atomic E-state index is -0.225. The maximum absolute atomic E-state index is 12.6. The van der Waals surface area contributed by atoms with Gasteiger partial charge < -0.3 is 10.2 Å². The van der Waals surface area contributed by atoms with E-state index in [1.807, 2.05) is 0 Å². The zero-order valence-corrected chi connectivity index (χ0v) is 15.7. The smallest absolute Gasteiger partial charge is 0.293 e. The summed E-state index contributed by atoms with van der Waals surface area (Å²) in [6.07, 6.45) is 6.36. The first-order valence-corrected chi connectivity index (χ1v) is 9.34. The Kier molecular flexibility index (Phi) is 5.16. The lowest BCUT2D eigenvalue weighted by Crippen LogP contribution is -2.42. The third-order valence-corrected chi connectivity index (χ3v) is 4.94. The van der Waals surface area contributed by atoms with Crippen molar-refractivity contribution in [3.63, 3.8) is 0 Å². The van der Waals surface area contributed by atoms with Crippen molar-refractivity contribution >= 4 is 29.2 Å². The summed E-state index contributed by atoms with van der Waals surface area (Å²) in [4.78, 5) is 38.8. The van der Waals surface area contributed by atoms with E-state index in [2.05, 4.69) is 25.4 Å². The predicted molar refractivity (Wildman–Crippen MR) is 101 cm³/mol. The van der Waals surface area contributed by atoms with E-state index < -0.39 is 0 Å². The first kappa shape index (κ1) is 18.3. The third kappa shape index (κ3) is 3.94. The van der Waals surface area contributed by atoms with Crippen molar-refractivity contribution in [1.82, 2.24) is 34.8 Å². The minimum Gasteiger partial charge on any atom is -0.350 e. The van der Waals surface area contributed by atoms with Crippen LogP contribution in [0.5, 0.6) is 0 Å². The average molecular weight is 400 g/mol. The normalized spacial score (nSPS) is 15.0. The fraction of sp³-hybridized carbons (Fsp3) is 0.333. The lowest BCUT2D eigenvalue weighted by molar-refractivity contribution is 0.0672. The standard InChI is InChI=1S/C18H18ClN7O2/c19-13-2-3-14(21-11-13)16(27)22-10-12-4-8-25(9-5-12)17(28)15-23-18-20-6-1-7-26(18)24-15/h1-3,6-7,11-12H,4-5,8-10H2,(H,22,27). The molecule has 144 valence electrons. The van der Waals surface area contributed by atoms with Crippen LogP contribution in [0, 0.1) is 5.92 Å². The molecule has 0 radical (unpaired) electrons. The molecule has 3 aromatic rings. The summed E-state index contributed by atoms with van der Waals surface area (Å²) in [6.45, 7) is 1.74. The van der Waals surface area contributed by atoms with Gasteiger partial charge in [-0.1, -0.05) is 11.6 Å². The van der Waals surface area contributed by atoms with Crippen molar-refractivity contribution in [2.24, 2.45) is 5.92 Å². The summed E-state index contributed by atoms with van der Waals surface area (Å²) in [7, 11) is 0. The number of rotatable bonds is 4. The topological polar surface area (TPSA) is 105 Å². The monoisotopic (exact) mass is 399 g/mol. The number of carbonyl (C=O) groups is 2. The minimum absolute atomic E-state index is 0.152. The Balaban J connectivity index is 1.28. The lowest BCUT2D eigenvalue weighted by Gasteiger charge is -2.31. The van der Waals surface area contributed by atoms with Gasteiger partial charge in [0.15, 0.2) is 0 Å². The summed E-state index contributed by atoms with van der Waals surface area (Å²) in [6, 6.07) is 4.96. The van der Waals surface area contributed by atoms with Gasteiger partial charge in [-0.25, -0.2) is 14.5 Å². The molecule has 9 nitrogen and oxygen atoms in total. The van der Waals surface area contributed by atoms with E-state index in [4.69, 9.17) is 11.6 Å². The molecular weight excluding hydrogens is 382 g/mol. The first-order chi connectivity index (χ1) is 13.6. The van der Waals surface area contributed by atoms with Crippen LogP contribution in [0.4, 0.5) is 0 Å². The number of likely N-dealkylation sites (tertiary alicyclic amines) is 1. The Morgan fingerprint density at radius 2 is 2.04 bits per heavy atom. The van der Waals surface area contributed by atoms with Gasteiger partial charge in [0, 0.05) is 38.2 Å². The summed E-state index contributed by atoms with van der Waals surface area (Å²) in [5.41, 5.74) is 0.337. The third-order valence-electron chi connectivity index (χ3n) is 4.72. The maximum Gasteiger partial charge on any atom is 0.293 e. The number of carbonyl (C=O) groups excluding carboxylic acids is 2. The molecule has 0 saturated carbocycles. The Hall–Kier alpha value is -3.07. The van der Waals surface area contributed by atoms with Crippen LogP contribution in [0.3, 0.4) is 0 Å². The molecule has 1 aliphatic heterocycles. The Morgan fingerprint density at radius 3 is 2.75 bits per heavy atom. The predicted octanol–water partition coefficient (Wildman–Crippen LogP) is 1.45. The van der Waals surface area contributed by atoms with Crippen LogP contribution in [-0.4, -0.2) is 60.9 Å². The van der Waals surface area contributed by atoms with E-state index in [0.717, 1.165) is 12.8 Å². The largest absolute Gasteiger partial charge is 0.350 e. The second-order valence-electron chi connectivity index (χ2n) is 6.61. The highest BCUT2D eigenvalue weighted by atomic mass is 35.5. The van der Waals surface area contributed by atoms with Gasteiger partial charge in [0.05, 0.1) is 5.02 Å². The van der Waals surface area contributed by atoms with Crippen LogP contribution in [0.1, 0.15) is 33.9 Å². The van der Waals surface area contributed by atoms with Crippen LogP contribution in [0.2, 0.25) is 5.02 Å². The Labute approximate surface area is 165 Å². The molecule has 3 aromatic heterocycles. The van der Waals surface area contributed by atoms with E-state index in [0.29, 0.717) is 42.0 Å². The highest BCUT2D eigenvalue weighted by molar-refractivity contribution is 6.30.